The van der Waals surface area contributed by atoms with Crippen LogP contribution in [-0.4, -0.2) is 57.9 Å². The first-order valence-corrected chi connectivity index (χ1v) is 9.45. The average Bonchev–Trinajstić information content (AvgIpc) is 3.03. The quantitative estimate of drug-likeness (QED) is 0.827. The van der Waals surface area contributed by atoms with Crippen molar-refractivity contribution >= 4 is 11.8 Å². The smallest absolute Gasteiger partial charge is 0.227 e. The van der Waals surface area contributed by atoms with Gasteiger partial charge < -0.3 is 14.5 Å². The molecular formula is C20H29N3O3. The number of pyridine rings is 1. The largest absolute Gasteiger partial charge is 0.372 e. The van der Waals surface area contributed by atoms with Crippen LogP contribution in [-0.2, 0) is 20.9 Å². The highest BCUT2D eigenvalue weighted by Crippen LogP contribution is 2.28. The van der Waals surface area contributed by atoms with Crippen molar-refractivity contribution in [1.29, 1.82) is 0 Å². The second-order valence-corrected chi connectivity index (χ2v) is 8.23. The highest BCUT2D eigenvalue weighted by molar-refractivity contribution is 5.89. The number of carbonyl (C=O) groups excluding carboxylic acids is 2. The summed E-state index contributed by atoms with van der Waals surface area (Å²) in [4.78, 5) is 33.0. The molecule has 0 spiro atoms. The van der Waals surface area contributed by atoms with Gasteiger partial charge in [-0.1, -0.05) is 6.07 Å². The first-order chi connectivity index (χ1) is 12.3. The second-order valence-electron chi connectivity index (χ2n) is 8.23. The van der Waals surface area contributed by atoms with Crippen molar-refractivity contribution in [3.05, 3.63) is 30.1 Å². The SMILES string of the molecule is CC(C)(C)N1C[C@H](C(=O)N2CCC(OCc3ccccn3)CC2)CC1=O. The Labute approximate surface area is 155 Å². The van der Waals surface area contributed by atoms with Crippen LogP contribution in [0.5, 0.6) is 0 Å². The Balaban J connectivity index is 1.46. The fraction of sp³-hybridized carbons (Fsp3) is 0.650. The van der Waals surface area contributed by atoms with E-state index in [0.29, 0.717) is 32.7 Å². The van der Waals surface area contributed by atoms with Gasteiger partial charge in [0, 0.05) is 37.8 Å². The van der Waals surface area contributed by atoms with Gasteiger partial charge in [-0.25, -0.2) is 0 Å². The zero-order valence-electron chi connectivity index (χ0n) is 16.0. The van der Waals surface area contributed by atoms with Gasteiger partial charge in [0.1, 0.15) is 0 Å². The van der Waals surface area contributed by atoms with Crippen LogP contribution in [0, 0.1) is 5.92 Å². The van der Waals surface area contributed by atoms with Crippen molar-refractivity contribution in [2.24, 2.45) is 5.92 Å². The molecule has 6 nitrogen and oxygen atoms in total. The maximum absolute atomic E-state index is 12.8. The number of rotatable bonds is 4. The van der Waals surface area contributed by atoms with Gasteiger partial charge >= 0.3 is 0 Å². The van der Waals surface area contributed by atoms with Crippen LogP contribution in [0.2, 0.25) is 0 Å². The maximum Gasteiger partial charge on any atom is 0.227 e. The van der Waals surface area contributed by atoms with Crippen molar-refractivity contribution in [3.63, 3.8) is 0 Å². The van der Waals surface area contributed by atoms with Crippen LogP contribution in [0.25, 0.3) is 0 Å². The number of likely N-dealkylation sites (tertiary alicyclic amines) is 2. The molecule has 2 aliphatic heterocycles. The summed E-state index contributed by atoms with van der Waals surface area (Å²) in [7, 11) is 0. The number of piperidine rings is 1. The van der Waals surface area contributed by atoms with Crippen LogP contribution in [0.15, 0.2) is 24.4 Å². The topological polar surface area (TPSA) is 62.7 Å². The van der Waals surface area contributed by atoms with Crippen LogP contribution < -0.4 is 0 Å². The molecule has 0 aliphatic carbocycles. The number of ether oxygens (including phenoxy) is 1. The maximum atomic E-state index is 12.8. The minimum absolute atomic E-state index is 0.0874. The molecule has 0 radical (unpaired) electrons. The van der Waals surface area contributed by atoms with E-state index in [9.17, 15) is 9.59 Å². The molecule has 2 amide bonds. The Kier molecular flexibility index (Phi) is 5.61. The van der Waals surface area contributed by atoms with Gasteiger partial charge in [0.05, 0.1) is 24.3 Å². The molecule has 1 atom stereocenters. The summed E-state index contributed by atoms with van der Waals surface area (Å²) >= 11 is 0. The zero-order chi connectivity index (χ0) is 18.7. The lowest BCUT2D eigenvalue weighted by atomic mass is 10.0. The third kappa shape index (κ3) is 4.41. The van der Waals surface area contributed by atoms with E-state index in [0.717, 1.165) is 18.5 Å². The summed E-state index contributed by atoms with van der Waals surface area (Å²) in [6.45, 7) is 8.50. The Morgan fingerprint density at radius 1 is 1.27 bits per heavy atom. The Morgan fingerprint density at radius 3 is 2.58 bits per heavy atom. The van der Waals surface area contributed by atoms with E-state index in [2.05, 4.69) is 4.98 Å². The molecule has 3 heterocycles. The Bertz CT molecular complexity index is 633. The van der Waals surface area contributed by atoms with Crippen LogP contribution in [0.4, 0.5) is 0 Å². The lowest BCUT2D eigenvalue weighted by molar-refractivity contribution is -0.138. The van der Waals surface area contributed by atoms with Crippen LogP contribution in [0.1, 0.15) is 45.7 Å². The molecule has 2 aliphatic rings. The Morgan fingerprint density at radius 2 is 2.00 bits per heavy atom. The molecule has 2 saturated heterocycles. The molecule has 26 heavy (non-hydrogen) atoms. The molecule has 1 aromatic heterocycles. The van der Waals surface area contributed by atoms with Gasteiger partial charge in [0.2, 0.25) is 11.8 Å². The van der Waals surface area contributed by atoms with E-state index in [1.165, 1.54) is 0 Å². The molecule has 0 N–H and O–H groups in total. The summed E-state index contributed by atoms with van der Waals surface area (Å²) in [6, 6.07) is 5.80. The number of hydrogen-bond donors (Lipinski definition) is 0. The van der Waals surface area contributed by atoms with Gasteiger partial charge in [0.25, 0.3) is 0 Å². The van der Waals surface area contributed by atoms with E-state index >= 15 is 0 Å². The molecule has 2 fully saturated rings. The Hall–Kier alpha value is -1.95. The summed E-state index contributed by atoms with van der Waals surface area (Å²) in [6.07, 6.45) is 3.94. The number of hydrogen-bond acceptors (Lipinski definition) is 4. The van der Waals surface area contributed by atoms with E-state index in [4.69, 9.17) is 4.74 Å². The lowest BCUT2D eigenvalue weighted by Gasteiger charge is -2.34. The molecule has 0 saturated carbocycles. The summed E-state index contributed by atoms with van der Waals surface area (Å²) < 4.78 is 5.94. The molecule has 0 unspecified atom stereocenters. The van der Waals surface area contributed by atoms with Gasteiger partial charge in [-0.2, -0.15) is 0 Å². The second kappa shape index (κ2) is 7.74. The molecule has 1 aromatic rings. The minimum Gasteiger partial charge on any atom is -0.372 e. The molecule has 0 aromatic carbocycles. The molecule has 3 rings (SSSR count). The van der Waals surface area contributed by atoms with Gasteiger partial charge in [-0.05, 0) is 45.7 Å². The monoisotopic (exact) mass is 359 g/mol. The van der Waals surface area contributed by atoms with Gasteiger partial charge in [-0.15, -0.1) is 0 Å². The molecule has 142 valence electrons. The summed E-state index contributed by atoms with van der Waals surface area (Å²) in [5, 5.41) is 0. The third-order valence-corrected chi connectivity index (χ3v) is 5.23. The van der Waals surface area contributed by atoms with E-state index in [-0.39, 0.29) is 29.4 Å². The summed E-state index contributed by atoms with van der Waals surface area (Å²) in [5.41, 5.74) is 0.705. The van der Waals surface area contributed by atoms with Gasteiger partial charge in [0.15, 0.2) is 0 Å². The third-order valence-electron chi connectivity index (χ3n) is 5.23. The number of nitrogens with zero attached hydrogens (tertiary/aromatic N) is 3. The predicted octanol–water partition coefficient (Wildman–Crippen LogP) is 2.24. The molecule has 6 heteroatoms. The lowest BCUT2D eigenvalue weighted by Crippen LogP contribution is -2.46. The van der Waals surface area contributed by atoms with E-state index in [1.54, 1.807) is 6.20 Å². The highest BCUT2D eigenvalue weighted by Gasteiger charge is 2.41. The fourth-order valence-electron chi connectivity index (χ4n) is 3.71. The minimum atomic E-state index is -0.224. The first kappa shape index (κ1) is 18.8. The highest BCUT2D eigenvalue weighted by atomic mass is 16.5. The molecular weight excluding hydrogens is 330 g/mol. The van der Waals surface area contributed by atoms with Gasteiger partial charge in [-0.3, -0.25) is 14.6 Å². The van der Waals surface area contributed by atoms with Crippen molar-refractivity contribution in [2.45, 2.75) is 58.3 Å². The number of aromatic nitrogens is 1. The molecule has 0 bridgehead atoms. The van der Waals surface area contributed by atoms with Crippen molar-refractivity contribution < 1.29 is 14.3 Å². The van der Waals surface area contributed by atoms with Crippen molar-refractivity contribution in [3.8, 4) is 0 Å². The normalized spacial score (nSPS) is 22.1. The number of amides is 2. The fourth-order valence-corrected chi connectivity index (χ4v) is 3.71. The number of carbonyl (C=O) groups is 2. The standard InChI is InChI=1S/C20H29N3O3/c1-20(2,3)23-13-15(12-18(23)24)19(25)22-10-7-17(8-11-22)26-14-16-6-4-5-9-21-16/h4-6,9,15,17H,7-8,10-14H2,1-3H3/t15-/m1/s1. The average molecular weight is 359 g/mol. The first-order valence-electron chi connectivity index (χ1n) is 9.45. The van der Waals surface area contributed by atoms with Crippen molar-refractivity contribution in [1.82, 2.24) is 14.8 Å². The van der Waals surface area contributed by atoms with Crippen LogP contribution >= 0.6 is 0 Å². The van der Waals surface area contributed by atoms with E-state index in [1.807, 2.05) is 48.8 Å². The van der Waals surface area contributed by atoms with E-state index < -0.39 is 0 Å². The summed E-state index contributed by atoms with van der Waals surface area (Å²) in [5.74, 6) is 0.00502. The van der Waals surface area contributed by atoms with Crippen LogP contribution in [0.3, 0.4) is 0 Å². The zero-order valence-corrected chi connectivity index (χ0v) is 16.0. The predicted molar refractivity (Wildman–Crippen MR) is 98.2 cm³/mol. The van der Waals surface area contributed by atoms with Crippen molar-refractivity contribution in [2.75, 3.05) is 19.6 Å².